The Morgan fingerprint density at radius 2 is 2.00 bits per heavy atom. The molecule has 0 saturated heterocycles. The van der Waals surface area contributed by atoms with Crippen LogP contribution in [0.5, 0.6) is 5.75 Å². The third-order valence-corrected chi connectivity index (χ3v) is 5.64. The zero-order valence-electron chi connectivity index (χ0n) is 15.9. The molecule has 3 nitrogen and oxygen atoms in total. The number of ether oxygens (including phenoxy) is 1. The fraction of sp³-hybridized carbons (Fsp3) is 0.286. The van der Waals surface area contributed by atoms with E-state index in [9.17, 15) is 8.78 Å². The van der Waals surface area contributed by atoms with Crippen molar-refractivity contribution in [3.63, 3.8) is 0 Å². The molecule has 0 saturated carbocycles. The number of hydrogen-bond acceptors (Lipinski definition) is 4. The van der Waals surface area contributed by atoms with Gasteiger partial charge in [-0.1, -0.05) is 30.7 Å². The van der Waals surface area contributed by atoms with Crippen molar-refractivity contribution in [2.45, 2.75) is 26.7 Å². The molecule has 28 heavy (non-hydrogen) atoms. The molecule has 0 aliphatic carbocycles. The SMILES string of the molecule is CCCN(c1cccc(C(F)F)c1)c1nc(-c2ccc(OC)cc2Cl)c(C)s1. The van der Waals surface area contributed by atoms with Gasteiger partial charge in [-0.2, -0.15) is 0 Å². The van der Waals surface area contributed by atoms with E-state index in [1.807, 2.05) is 36.9 Å². The predicted octanol–water partition coefficient (Wildman–Crippen LogP) is 7.27. The van der Waals surface area contributed by atoms with Crippen LogP contribution in [0.4, 0.5) is 19.6 Å². The van der Waals surface area contributed by atoms with Gasteiger partial charge in [0.05, 0.1) is 17.8 Å². The van der Waals surface area contributed by atoms with Crippen LogP contribution in [-0.2, 0) is 0 Å². The molecule has 0 N–H and O–H groups in total. The smallest absolute Gasteiger partial charge is 0.263 e. The Kier molecular flexibility index (Phi) is 6.52. The molecule has 7 heteroatoms. The van der Waals surface area contributed by atoms with Crippen molar-refractivity contribution < 1.29 is 13.5 Å². The van der Waals surface area contributed by atoms with Crippen LogP contribution in [0.3, 0.4) is 0 Å². The van der Waals surface area contributed by atoms with E-state index in [0.29, 0.717) is 23.0 Å². The van der Waals surface area contributed by atoms with E-state index < -0.39 is 6.43 Å². The predicted molar refractivity (Wildman–Crippen MR) is 113 cm³/mol. The summed E-state index contributed by atoms with van der Waals surface area (Å²) in [6, 6.07) is 11.9. The molecule has 0 unspecified atom stereocenters. The number of methoxy groups -OCH3 is 1. The summed E-state index contributed by atoms with van der Waals surface area (Å²) in [7, 11) is 1.59. The summed E-state index contributed by atoms with van der Waals surface area (Å²) in [5.41, 5.74) is 2.32. The molecular weight excluding hydrogens is 402 g/mol. The first-order valence-electron chi connectivity index (χ1n) is 8.91. The Balaban J connectivity index is 2.02. The highest BCUT2D eigenvalue weighted by Gasteiger charge is 2.19. The number of halogens is 3. The second-order valence-corrected chi connectivity index (χ2v) is 7.88. The second kappa shape index (κ2) is 8.88. The minimum atomic E-state index is -2.50. The first-order chi connectivity index (χ1) is 13.4. The molecule has 0 atom stereocenters. The van der Waals surface area contributed by atoms with Gasteiger partial charge in [-0.05, 0) is 43.7 Å². The maximum atomic E-state index is 13.1. The largest absolute Gasteiger partial charge is 0.497 e. The molecule has 0 aliphatic heterocycles. The summed E-state index contributed by atoms with van der Waals surface area (Å²) >= 11 is 7.95. The molecular formula is C21H21ClF2N2OS. The van der Waals surface area contributed by atoms with Crippen molar-refractivity contribution in [2.75, 3.05) is 18.6 Å². The first kappa shape index (κ1) is 20.6. The summed E-state index contributed by atoms with van der Waals surface area (Å²) in [4.78, 5) is 7.78. The zero-order valence-corrected chi connectivity index (χ0v) is 17.5. The van der Waals surface area contributed by atoms with Crippen LogP contribution < -0.4 is 9.64 Å². The van der Waals surface area contributed by atoms with Crippen LogP contribution in [0.2, 0.25) is 5.02 Å². The molecule has 1 aromatic heterocycles. The molecule has 3 aromatic rings. The van der Waals surface area contributed by atoms with E-state index in [1.54, 1.807) is 19.2 Å². The molecule has 0 amide bonds. The Morgan fingerprint density at radius 1 is 1.21 bits per heavy atom. The summed E-state index contributed by atoms with van der Waals surface area (Å²) in [6.45, 7) is 4.71. The van der Waals surface area contributed by atoms with Gasteiger partial charge in [-0.25, -0.2) is 13.8 Å². The lowest BCUT2D eigenvalue weighted by Gasteiger charge is -2.22. The lowest BCUT2D eigenvalue weighted by atomic mass is 10.1. The van der Waals surface area contributed by atoms with Crippen molar-refractivity contribution in [3.8, 4) is 17.0 Å². The summed E-state index contributed by atoms with van der Waals surface area (Å²) in [6.07, 6.45) is -1.65. The number of aryl methyl sites for hydroxylation is 1. The molecule has 0 radical (unpaired) electrons. The highest BCUT2D eigenvalue weighted by Crippen LogP contribution is 2.39. The van der Waals surface area contributed by atoms with Crippen LogP contribution in [0.15, 0.2) is 42.5 Å². The van der Waals surface area contributed by atoms with E-state index in [-0.39, 0.29) is 5.56 Å². The van der Waals surface area contributed by atoms with E-state index in [2.05, 4.69) is 0 Å². The monoisotopic (exact) mass is 422 g/mol. The fourth-order valence-electron chi connectivity index (χ4n) is 2.95. The van der Waals surface area contributed by atoms with E-state index in [0.717, 1.165) is 27.7 Å². The van der Waals surface area contributed by atoms with Crippen molar-refractivity contribution in [3.05, 3.63) is 57.9 Å². The quantitative estimate of drug-likeness (QED) is 0.400. The normalized spacial score (nSPS) is 11.1. The van der Waals surface area contributed by atoms with Gasteiger partial charge in [-0.15, -0.1) is 11.3 Å². The Hall–Kier alpha value is -2.18. The second-order valence-electron chi connectivity index (χ2n) is 6.29. The van der Waals surface area contributed by atoms with Crippen LogP contribution in [0.1, 0.15) is 30.2 Å². The summed E-state index contributed by atoms with van der Waals surface area (Å²) in [5, 5.41) is 1.31. The lowest BCUT2D eigenvalue weighted by Crippen LogP contribution is -2.17. The number of anilines is 2. The number of benzene rings is 2. The van der Waals surface area contributed by atoms with Gasteiger partial charge in [0.25, 0.3) is 6.43 Å². The molecule has 2 aromatic carbocycles. The summed E-state index contributed by atoms with van der Waals surface area (Å²) < 4.78 is 31.5. The molecule has 0 fully saturated rings. The minimum Gasteiger partial charge on any atom is -0.497 e. The van der Waals surface area contributed by atoms with Gasteiger partial charge < -0.3 is 9.64 Å². The van der Waals surface area contributed by atoms with Gasteiger partial charge in [0.15, 0.2) is 5.13 Å². The molecule has 148 valence electrons. The maximum absolute atomic E-state index is 13.1. The average Bonchev–Trinajstić information content (AvgIpc) is 3.07. The molecule has 1 heterocycles. The summed E-state index contributed by atoms with van der Waals surface area (Å²) in [5.74, 6) is 0.679. The van der Waals surface area contributed by atoms with Gasteiger partial charge in [0, 0.05) is 28.2 Å². The number of aromatic nitrogens is 1. The maximum Gasteiger partial charge on any atom is 0.263 e. The van der Waals surface area contributed by atoms with Crippen molar-refractivity contribution in [1.82, 2.24) is 4.98 Å². The number of nitrogens with zero attached hydrogens (tertiary/aromatic N) is 2. The number of thiazole rings is 1. The lowest BCUT2D eigenvalue weighted by molar-refractivity contribution is 0.151. The van der Waals surface area contributed by atoms with E-state index in [1.165, 1.54) is 23.5 Å². The number of hydrogen-bond donors (Lipinski definition) is 0. The Morgan fingerprint density at radius 3 is 2.64 bits per heavy atom. The molecule has 0 bridgehead atoms. The molecule has 0 aliphatic rings. The average molecular weight is 423 g/mol. The number of rotatable bonds is 7. The van der Waals surface area contributed by atoms with Gasteiger partial charge in [-0.3, -0.25) is 0 Å². The van der Waals surface area contributed by atoms with Crippen molar-refractivity contribution >= 4 is 33.8 Å². The molecule has 3 rings (SSSR count). The zero-order chi connectivity index (χ0) is 20.3. The van der Waals surface area contributed by atoms with Crippen LogP contribution in [-0.4, -0.2) is 18.6 Å². The highest BCUT2D eigenvalue weighted by atomic mass is 35.5. The Bertz CT molecular complexity index is 961. The van der Waals surface area contributed by atoms with Gasteiger partial charge >= 0.3 is 0 Å². The van der Waals surface area contributed by atoms with Crippen LogP contribution in [0.25, 0.3) is 11.3 Å². The first-order valence-corrected chi connectivity index (χ1v) is 10.1. The van der Waals surface area contributed by atoms with Crippen molar-refractivity contribution in [1.29, 1.82) is 0 Å². The van der Waals surface area contributed by atoms with Crippen molar-refractivity contribution in [2.24, 2.45) is 0 Å². The van der Waals surface area contributed by atoms with Gasteiger partial charge in [0.1, 0.15) is 5.75 Å². The molecule has 0 spiro atoms. The fourth-order valence-corrected chi connectivity index (χ4v) is 4.18. The van der Waals surface area contributed by atoms with Crippen LogP contribution >= 0.6 is 22.9 Å². The Labute approximate surface area is 172 Å². The standard InChI is InChI=1S/C21H21ClF2N2OS/c1-4-10-26(15-7-5-6-14(11-15)20(23)24)21-25-19(13(2)28-21)17-9-8-16(27-3)12-18(17)22/h5-9,11-12,20H,4,10H2,1-3H3. The third kappa shape index (κ3) is 4.28. The van der Waals surface area contributed by atoms with E-state index >= 15 is 0 Å². The topological polar surface area (TPSA) is 25.4 Å². The van der Waals surface area contributed by atoms with E-state index in [4.69, 9.17) is 21.3 Å². The highest BCUT2D eigenvalue weighted by molar-refractivity contribution is 7.16. The van der Waals surface area contributed by atoms with Crippen LogP contribution in [0, 0.1) is 6.92 Å². The van der Waals surface area contributed by atoms with Gasteiger partial charge in [0.2, 0.25) is 0 Å². The third-order valence-electron chi connectivity index (χ3n) is 4.33. The minimum absolute atomic E-state index is 0.00491. The number of alkyl halides is 2.